The van der Waals surface area contributed by atoms with Crippen LogP contribution in [-0.2, 0) is 10.0 Å². The maximum Gasteiger partial charge on any atom is 0.232 e. The number of nitrogens with one attached hydrogen (secondary N) is 1. The molecular formula is C25H30N4O2S. The van der Waals surface area contributed by atoms with Gasteiger partial charge in [-0.05, 0) is 74.4 Å². The van der Waals surface area contributed by atoms with E-state index >= 15 is 0 Å². The van der Waals surface area contributed by atoms with Crippen molar-refractivity contribution in [3.05, 3.63) is 53.6 Å². The van der Waals surface area contributed by atoms with E-state index in [1.165, 1.54) is 30.6 Å². The Kier molecular flexibility index (Phi) is 5.50. The second-order valence-corrected chi connectivity index (χ2v) is 11.1. The van der Waals surface area contributed by atoms with Gasteiger partial charge in [0.05, 0.1) is 23.8 Å². The zero-order chi connectivity index (χ0) is 22.3. The van der Waals surface area contributed by atoms with Gasteiger partial charge in [0, 0.05) is 36.2 Å². The summed E-state index contributed by atoms with van der Waals surface area (Å²) in [5.41, 5.74) is 5.19. The van der Waals surface area contributed by atoms with E-state index < -0.39 is 10.0 Å². The molecule has 1 saturated carbocycles. The van der Waals surface area contributed by atoms with Crippen LogP contribution in [0.15, 0.2) is 42.5 Å². The lowest BCUT2D eigenvalue weighted by Gasteiger charge is -2.41. The molecule has 0 bridgehead atoms. The molecule has 2 heterocycles. The smallest absolute Gasteiger partial charge is 0.232 e. The molecule has 3 aliphatic rings. The van der Waals surface area contributed by atoms with Gasteiger partial charge >= 0.3 is 0 Å². The Hall–Kier alpha value is -2.72. The summed E-state index contributed by atoms with van der Waals surface area (Å²) in [7, 11) is -3.31. The molecule has 32 heavy (non-hydrogen) atoms. The number of hydrogen-bond acceptors (Lipinski definition) is 5. The van der Waals surface area contributed by atoms with Crippen LogP contribution >= 0.6 is 0 Å². The van der Waals surface area contributed by atoms with Gasteiger partial charge in [-0.2, -0.15) is 5.26 Å². The van der Waals surface area contributed by atoms with Crippen LogP contribution in [0.3, 0.4) is 0 Å². The molecule has 2 aliphatic heterocycles. The molecule has 0 aromatic heterocycles. The van der Waals surface area contributed by atoms with Gasteiger partial charge in [-0.15, -0.1) is 0 Å². The van der Waals surface area contributed by atoms with Crippen LogP contribution in [-0.4, -0.2) is 33.3 Å². The van der Waals surface area contributed by atoms with Gasteiger partial charge in [0.25, 0.3) is 0 Å². The van der Waals surface area contributed by atoms with Crippen LogP contribution in [0.1, 0.15) is 62.1 Å². The summed E-state index contributed by atoms with van der Waals surface area (Å²) in [5.74, 6) is -0.200. The van der Waals surface area contributed by atoms with Gasteiger partial charge < -0.3 is 9.80 Å². The van der Waals surface area contributed by atoms with Crippen molar-refractivity contribution in [1.29, 1.82) is 5.26 Å². The van der Waals surface area contributed by atoms with E-state index in [9.17, 15) is 13.7 Å². The molecule has 0 spiro atoms. The summed E-state index contributed by atoms with van der Waals surface area (Å²) in [5, 5.41) is 10.2. The number of nitrogens with zero attached hydrogens (tertiary/aromatic N) is 3. The van der Waals surface area contributed by atoms with Gasteiger partial charge in [0.2, 0.25) is 10.0 Å². The highest BCUT2D eigenvalue weighted by Gasteiger charge is 2.44. The lowest BCUT2D eigenvalue weighted by molar-refractivity contribution is 0.363. The van der Waals surface area contributed by atoms with Crippen LogP contribution < -0.4 is 14.5 Å². The van der Waals surface area contributed by atoms with E-state index in [1.54, 1.807) is 6.92 Å². The molecule has 0 amide bonds. The molecular weight excluding hydrogens is 420 g/mol. The van der Waals surface area contributed by atoms with Crippen molar-refractivity contribution in [3.63, 3.8) is 0 Å². The molecule has 5 rings (SSSR count). The van der Waals surface area contributed by atoms with Crippen LogP contribution in [0.25, 0.3) is 0 Å². The first-order chi connectivity index (χ1) is 15.5. The van der Waals surface area contributed by atoms with Gasteiger partial charge in [0.15, 0.2) is 0 Å². The fourth-order valence-corrected chi connectivity index (χ4v) is 5.89. The number of nitriles is 1. The molecule has 6 nitrogen and oxygen atoms in total. The van der Waals surface area contributed by atoms with Crippen molar-refractivity contribution in [2.45, 2.75) is 57.0 Å². The topological polar surface area (TPSA) is 76.4 Å². The lowest BCUT2D eigenvalue weighted by atomic mass is 9.87. The summed E-state index contributed by atoms with van der Waals surface area (Å²) in [6.07, 6.45) is 6.00. The fourth-order valence-electron chi connectivity index (χ4n) is 5.25. The predicted molar refractivity (Wildman–Crippen MR) is 129 cm³/mol. The molecule has 7 heteroatoms. The van der Waals surface area contributed by atoms with E-state index in [1.807, 2.05) is 24.3 Å². The average Bonchev–Trinajstić information content (AvgIpc) is 3.40. The highest BCUT2D eigenvalue weighted by atomic mass is 32.2. The first-order valence-corrected chi connectivity index (χ1v) is 13.3. The maximum atomic E-state index is 11.9. The van der Waals surface area contributed by atoms with Crippen LogP contribution in [0, 0.1) is 11.3 Å². The number of rotatable bonds is 6. The van der Waals surface area contributed by atoms with Crippen molar-refractivity contribution in [1.82, 2.24) is 0 Å². The highest BCUT2D eigenvalue weighted by Crippen LogP contribution is 2.53. The first kappa shape index (κ1) is 21.1. The Labute approximate surface area is 190 Å². The minimum atomic E-state index is -3.31. The second-order valence-electron chi connectivity index (χ2n) is 9.11. The maximum absolute atomic E-state index is 11.9. The Morgan fingerprint density at radius 2 is 1.78 bits per heavy atom. The summed E-state index contributed by atoms with van der Waals surface area (Å²) in [4.78, 5) is 4.93. The van der Waals surface area contributed by atoms with Gasteiger partial charge in [-0.1, -0.05) is 18.2 Å². The molecule has 1 N–H and O–H groups in total. The Balaban J connectivity index is 1.51. The molecule has 2 atom stereocenters. The van der Waals surface area contributed by atoms with Crippen molar-refractivity contribution >= 4 is 27.1 Å². The third-order valence-corrected chi connectivity index (χ3v) is 8.53. The average molecular weight is 451 g/mol. The van der Waals surface area contributed by atoms with Crippen molar-refractivity contribution in [2.75, 3.05) is 33.4 Å². The Morgan fingerprint density at radius 1 is 1.06 bits per heavy atom. The molecule has 2 fully saturated rings. The quantitative estimate of drug-likeness (QED) is 0.686. The SMILES string of the molecule is CCS(=O)(=O)Nc1ccc(C2C(C#N)c3ccc(N4CCCC4)cc3N2C2CCC2)cc1. The van der Waals surface area contributed by atoms with E-state index in [-0.39, 0.29) is 17.7 Å². The van der Waals surface area contributed by atoms with Crippen molar-refractivity contribution in [3.8, 4) is 6.07 Å². The first-order valence-electron chi connectivity index (χ1n) is 11.7. The third-order valence-electron chi connectivity index (χ3n) is 7.23. The van der Waals surface area contributed by atoms with Gasteiger partial charge in [-0.25, -0.2) is 8.42 Å². The largest absolute Gasteiger partial charge is 0.371 e. The molecule has 1 saturated heterocycles. The fraction of sp³-hybridized carbons (Fsp3) is 0.480. The van der Waals surface area contributed by atoms with E-state index in [0.717, 1.165) is 37.1 Å². The molecule has 2 unspecified atom stereocenters. The number of sulfonamides is 1. The Morgan fingerprint density at radius 3 is 2.38 bits per heavy atom. The van der Waals surface area contributed by atoms with E-state index in [0.29, 0.717) is 11.7 Å². The molecule has 2 aromatic rings. The molecule has 1 aliphatic carbocycles. The summed E-state index contributed by atoms with van der Waals surface area (Å²) in [6.45, 7) is 3.82. The van der Waals surface area contributed by atoms with E-state index in [2.05, 4.69) is 38.8 Å². The summed E-state index contributed by atoms with van der Waals surface area (Å²) in [6, 6.07) is 17.2. The normalized spacial score (nSPS) is 23.0. The van der Waals surface area contributed by atoms with E-state index in [4.69, 9.17) is 0 Å². The summed E-state index contributed by atoms with van der Waals surface area (Å²) < 4.78 is 26.4. The minimum Gasteiger partial charge on any atom is -0.371 e. The van der Waals surface area contributed by atoms with Crippen LogP contribution in [0.2, 0.25) is 0 Å². The number of anilines is 3. The number of fused-ring (bicyclic) bond motifs is 1. The molecule has 2 aromatic carbocycles. The highest BCUT2D eigenvalue weighted by molar-refractivity contribution is 7.92. The number of benzene rings is 2. The number of hydrogen-bond donors (Lipinski definition) is 1. The standard InChI is InChI=1S/C25H30N4O2S/c1-2-32(30,31)27-19-10-8-18(9-11-19)25-23(17-26)22-13-12-21(28-14-3-4-15-28)16-24(22)29(25)20-6-5-7-20/h8-13,16,20,23,25,27H,2-7,14-15H2,1H3. The molecule has 0 radical (unpaired) electrons. The van der Waals surface area contributed by atoms with Crippen molar-refractivity contribution in [2.24, 2.45) is 0 Å². The predicted octanol–water partition coefficient (Wildman–Crippen LogP) is 4.77. The Bertz CT molecular complexity index is 1130. The van der Waals surface area contributed by atoms with Crippen molar-refractivity contribution < 1.29 is 8.42 Å². The van der Waals surface area contributed by atoms with Gasteiger partial charge in [0.1, 0.15) is 0 Å². The second kappa shape index (κ2) is 8.32. The lowest BCUT2D eigenvalue weighted by Crippen LogP contribution is -2.41. The third kappa shape index (κ3) is 3.71. The van der Waals surface area contributed by atoms with Gasteiger partial charge in [-0.3, -0.25) is 4.72 Å². The van der Waals surface area contributed by atoms with Crippen LogP contribution in [0.4, 0.5) is 17.1 Å². The summed E-state index contributed by atoms with van der Waals surface area (Å²) >= 11 is 0. The van der Waals surface area contributed by atoms with Crippen LogP contribution in [0.5, 0.6) is 0 Å². The molecule has 168 valence electrons. The zero-order valence-corrected chi connectivity index (χ0v) is 19.3. The minimum absolute atomic E-state index is 0.0397. The zero-order valence-electron chi connectivity index (χ0n) is 18.5. The monoisotopic (exact) mass is 450 g/mol.